The van der Waals surface area contributed by atoms with Gasteiger partial charge < -0.3 is 14.5 Å². The summed E-state index contributed by atoms with van der Waals surface area (Å²) in [4.78, 5) is 28.9. The van der Waals surface area contributed by atoms with Crippen LogP contribution in [0.15, 0.2) is 12.1 Å². The van der Waals surface area contributed by atoms with Gasteiger partial charge in [0, 0.05) is 37.7 Å². The van der Waals surface area contributed by atoms with Crippen LogP contribution in [0, 0.1) is 19.8 Å². The summed E-state index contributed by atoms with van der Waals surface area (Å²) in [6.45, 7) is 6.82. The van der Waals surface area contributed by atoms with Gasteiger partial charge in [0.15, 0.2) is 0 Å². The number of rotatable bonds is 4. The van der Waals surface area contributed by atoms with Crippen molar-refractivity contribution >= 4 is 11.8 Å². The van der Waals surface area contributed by atoms with Crippen molar-refractivity contribution in [2.75, 3.05) is 33.3 Å². The van der Waals surface area contributed by atoms with Crippen molar-refractivity contribution in [1.82, 2.24) is 9.80 Å². The van der Waals surface area contributed by atoms with E-state index < -0.39 is 0 Å². The third kappa shape index (κ3) is 4.14. The van der Waals surface area contributed by atoms with Gasteiger partial charge in [0.1, 0.15) is 5.75 Å². The van der Waals surface area contributed by atoms with Gasteiger partial charge in [0.2, 0.25) is 11.8 Å². The molecule has 2 aliphatic rings. The zero-order valence-electron chi connectivity index (χ0n) is 15.5. The number of amides is 2. The van der Waals surface area contributed by atoms with E-state index in [9.17, 15) is 9.59 Å². The Morgan fingerprint density at radius 3 is 2.44 bits per heavy atom. The van der Waals surface area contributed by atoms with E-state index in [0.29, 0.717) is 19.5 Å². The van der Waals surface area contributed by atoms with Crippen molar-refractivity contribution < 1.29 is 14.3 Å². The molecule has 1 aliphatic carbocycles. The number of carbonyl (C=O) groups excluding carboxylic acids is 2. The molecule has 1 aromatic rings. The first kappa shape index (κ1) is 17.8. The summed E-state index contributed by atoms with van der Waals surface area (Å²) in [6.07, 6.45) is 3.27. The molecule has 1 saturated heterocycles. The molecule has 1 saturated carbocycles. The second kappa shape index (κ2) is 7.46. The number of hydrogen-bond donors (Lipinski definition) is 0. The molecule has 0 atom stereocenters. The highest BCUT2D eigenvalue weighted by molar-refractivity contribution is 5.82. The highest BCUT2D eigenvalue weighted by Crippen LogP contribution is 2.31. The molecule has 2 amide bonds. The molecule has 0 bridgehead atoms. The van der Waals surface area contributed by atoms with Crippen molar-refractivity contribution in [1.29, 1.82) is 0 Å². The monoisotopic (exact) mass is 344 g/mol. The van der Waals surface area contributed by atoms with Gasteiger partial charge in [0.25, 0.3) is 0 Å². The van der Waals surface area contributed by atoms with Gasteiger partial charge in [-0.1, -0.05) is 17.7 Å². The summed E-state index contributed by atoms with van der Waals surface area (Å²) >= 11 is 0. The fourth-order valence-corrected chi connectivity index (χ4v) is 3.72. The zero-order valence-corrected chi connectivity index (χ0v) is 15.5. The van der Waals surface area contributed by atoms with Gasteiger partial charge in [-0.3, -0.25) is 9.59 Å². The number of benzene rings is 1. The molecule has 0 spiro atoms. The van der Waals surface area contributed by atoms with Crippen LogP contribution in [0.1, 0.15) is 36.0 Å². The van der Waals surface area contributed by atoms with E-state index in [1.807, 2.05) is 29.7 Å². The summed E-state index contributed by atoms with van der Waals surface area (Å²) in [7, 11) is 1.65. The van der Waals surface area contributed by atoms with Crippen LogP contribution >= 0.6 is 0 Å². The lowest BCUT2D eigenvalue weighted by Gasteiger charge is -2.23. The van der Waals surface area contributed by atoms with Gasteiger partial charge in [-0.25, -0.2) is 0 Å². The number of aryl methyl sites for hydroxylation is 2. The van der Waals surface area contributed by atoms with E-state index in [0.717, 1.165) is 54.8 Å². The van der Waals surface area contributed by atoms with Crippen LogP contribution in [-0.2, 0) is 16.0 Å². The first-order valence-corrected chi connectivity index (χ1v) is 9.20. The summed E-state index contributed by atoms with van der Waals surface area (Å²) in [5, 5.41) is 0. The van der Waals surface area contributed by atoms with Crippen molar-refractivity contribution in [3.8, 4) is 5.75 Å². The van der Waals surface area contributed by atoms with Gasteiger partial charge >= 0.3 is 0 Å². The average molecular weight is 344 g/mol. The molecule has 0 radical (unpaired) electrons. The molecule has 3 rings (SSSR count). The molecule has 0 N–H and O–H groups in total. The summed E-state index contributed by atoms with van der Waals surface area (Å²) in [5.74, 6) is 1.45. The number of nitrogens with zero attached hydrogens (tertiary/aromatic N) is 2. The van der Waals surface area contributed by atoms with E-state index in [2.05, 4.69) is 6.07 Å². The van der Waals surface area contributed by atoms with E-state index in [-0.39, 0.29) is 17.7 Å². The first-order chi connectivity index (χ1) is 12.0. The van der Waals surface area contributed by atoms with Gasteiger partial charge in [-0.15, -0.1) is 0 Å². The molecule has 1 aromatic carbocycles. The minimum absolute atomic E-state index is 0.115. The standard InChI is InChI=1S/C20H28N2O3/c1-14-11-15(2)19(25-3)17(12-14)13-18(23)21-7-4-8-22(10-9-21)20(24)16-5-6-16/h11-12,16H,4-10,13H2,1-3H3. The van der Waals surface area contributed by atoms with Gasteiger partial charge in [-0.2, -0.15) is 0 Å². The van der Waals surface area contributed by atoms with Crippen LogP contribution in [-0.4, -0.2) is 54.9 Å². The predicted octanol–water partition coefficient (Wildman–Crippen LogP) is 2.33. The SMILES string of the molecule is COc1c(C)cc(C)cc1CC(=O)N1CCCN(C(=O)C2CC2)CC1. The fraction of sp³-hybridized carbons (Fsp3) is 0.600. The molecule has 0 unspecified atom stereocenters. The topological polar surface area (TPSA) is 49.9 Å². The van der Waals surface area contributed by atoms with Gasteiger partial charge in [0.05, 0.1) is 13.5 Å². The van der Waals surface area contributed by atoms with Crippen LogP contribution < -0.4 is 4.74 Å². The fourth-order valence-electron chi connectivity index (χ4n) is 3.72. The average Bonchev–Trinajstić information content (AvgIpc) is 3.40. The Morgan fingerprint density at radius 1 is 1.08 bits per heavy atom. The zero-order chi connectivity index (χ0) is 18.0. The molecule has 5 nitrogen and oxygen atoms in total. The second-order valence-corrected chi connectivity index (χ2v) is 7.28. The number of methoxy groups -OCH3 is 1. The lowest BCUT2D eigenvalue weighted by molar-refractivity contribution is -0.134. The maximum Gasteiger partial charge on any atom is 0.227 e. The maximum atomic E-state index is 12.8. The van der Waals surface area contributed by atoms with Crippen LogP contribution in [0.5, 0.6) is 5.75 Å². The highest BCUT2D eigenvalue weighted by atomic mass is 16.5. The van der Waals surface area contributed by atoms with Crippen LogP contribution in [0.4, 0.5) is 0 Å². The first-order valence-electron chi connectivity index (χ1n) is 9.20. The van der Waals surface area contributed by atoms with Crippen molar-refractivity contribution in [2.45, 2.75) is 39.5 Å². The Morgan fingerprint density at radius 2 is 1.76 bits per heavy atom. The lowest BCUT2D eigenvalue weighted by Crippen LogP contribution is -2.38. The number of hydrogen-bond acceptors (Lipinski definition) is 3. The smallest absolute Gasteiger partial charge is 0.227 e. The molecule has 1 aliphatic heterocycles. The van der Waals surface area contributed by atoms with E-state index in [1.54, 1.807) is 7.11 Å². The summed E-state index contributed by atoms with van der Waals surface area (Å²) in [5.41, 5.74) is 3.14. The minimum atomic E-state index is 0.115. The molecule has 136 valence electrons. The third-order valence-electron chi connectivity index (χ3n) is 5.13. The maximum absolute atomic E-state index is 12.8. The predicted molar refractivity (Wildman–Crippen MR) is 96.7 cm³/mol. The van der Waals surface area contributed by atoms with Crippen molar-refractivity contribution in [2.24, 2.45) is 5.92 Å². The lowest BCUT2D eigenvalue weighted by atomic mass is 10.0. The summed E-state index contributed by atoms with van der Waals surface area (Å²) in [6, 6.07) is 4.10. The van der Waals surface area contributed by atoms with Crippen molar-refractivity contribution in [3.05, 3.63) is 28.8 Å². The Balaban J connectivity index is 1.64. The minimum Gasteiger partial charge on any atom is -0.496 e. The normalized spacial score (nSPS) is 18.0. The molecule has 5 heteroatoms. The second-order valence-electron chi connectivity index (χ2n) is 7.28. The number of ether oxygens (including phenoxy) is 1. The Hall–Kier alpha value is -2.04. The molecular weight excluding hydrogens is 316 g/mol. The van der Waals surface area contributed by atoms with Crippen molar-refractivity contribution in [3.63, 3.8) is 0 Å². The Labute approximate surface area is 149 Å². The van der Waals surface area contributed by atoms with Crippen LogP contribution in [0.25, 0.3) is 0 Å². The quantitative estimate of drug-likeness (QED) is 0.842. The number of carbonyl (C=O) groups is 2. The molecule has 2 fully saturated rings. The Bertz CT molecular complexity index is 667. The summed E-state index contributed by atoms with van der Waals surface area (Å²) < 4.78 is 5.50. The highest BCUT2D eigenvalue weighted by Gasteiger charge is 2.34. The largest absolute Gasteiger partial charge is 0.496 e. The van der Waals surface area contributed by atoms with Crippen LogP contribution in [0.3, 0.4) is 0 Å². The van der Waals surface area contributed by atoms with Crippen LogP contribution in [0.2, 0.25) is 0 Å². The van der Waals surface area contributed by atoms with Gasteiger partial charge in [-0.05, 0) is 38.7 Å². The molecular formula is C20H28N2O3. The van der Waals surface area contributed by atoms with E-state index in [1.165, 1.54) is 0 Å². The third-order valence-corrected chi connectivity index (χ3v) is 5.13. The Kier molecular flexibility index (Phi) is 5.30. The van der Waals surface area contributed by atoms with E-state index in [4.69, 9.17) is 4.74 Å². The van der Waals surface area contributed by atoms with E-state index >= 15 is 0 Å². The molecule has 25 heavy (non-hydrogen) atoms. The molecule has 0 aromatic heterocycles. The molecule has 1 heterocycles.